The quantitative estimate of drug-likeness (QED) is 0.559. The number of hydrogen-bond acceptors (Lipinski definition) is 3. The van der Waals surface area contributed by atoms with Crippen molar-refractivity contribution >= 4 is 16.0 Å². The van der Waals surface area contributed by atoms with Gasteiger partial charge in [0.25, 0.3) is 0 Å². The molecule has 0 spiro atoms. The number of nitrogens with zero attached hydrogens (tertiary/aromatic N) is 2. The number of aliphatic imine (C=N–C) groups is 1. The predicted molar refractivity (Wildman–Crippen MR) is 112 cm³/mol. The molecule has 0 aliphatic carbocycles. The minimum absolute atomic E-state index is 0.263. The molecule has 3 rings (SSSR count). The van der Waals surface area contributed by atoms with Gasteiger partial charge in [0.15, 0.2) is 5.96 Å². The maximum Gasteiger partial charge on any atom is 0.243 e. The highest BCUT2D eigenvalue weighted by molar-refractivity contribution is 7.89. The summed E-state index contributed by atoms with van der Waals surface area (Å²) in [5.74, 6) is 0.277. The van der Waals surface area contributed by atoms with Gasteiger partial charge in [-0.1, -0.05) is 36.8 Å². The number of piperidine rings is 1. The molecule has 0 atom stereocenters. The third-order valence-electron chi connectivity index (χ3n) is 4.96. The van der Waals surface area contributed by atoms with Crippen LogP contribution in [0.3, 0.4) is 0 Å². The lowest BCUT2D eigenvalue weighted by atomic mass is 10.2. The molecule has 8 heteroatoms. The summed E-state index contributed by atoms with van der Waals surface area (Å²) in [4.78, 5) is 4.46. The first-order valence-corrected chi connectivity index (χ1v) is 11.2. The van der Waals surface area contributed by atoms with Crippen LogP contribution in [0.4, 0.5) is 4.39 Å². The summed E-state index contributed by atoms with van der Waals surface area (Å²) < 4.78 is 40.7. The average molecular weight is 419 g/mol. The Morgan fingerprint density at radius 3 is 2.31 bits per heavy atom. The first kappa shape index (κ1) is 21.3. The van der Waals surface area contributed by atoms with Crippen molar-refractivity contribution in [1.29, 1.82) is 0 Å². The fraction of sp³-hybridized carbons (Fsp3) is 0.381. The van der Waals surface area contributed by atoms with E-state index in [1.165, 1.54) is 6.07 Å². The Labute approximate surface area is 171 Å². The number of sulfonamides is 1. The van der Waals surface area contributed by atoms with Crippen LogP contribution in [-0.2, 0) is 23.1 Å². The molecular weight excluding hydrogens is 391 g/mol. The number of halogens is 1. The first-order chi connectivity index (χ1) is 14.0. The van der Waals surface area contributed by atoms with Crippen molar-refractivity contribution in [2.45, 2.75) is 37.2 Å². The van der Waals surface area contributed by atoms with Crippen LogP contribution >= 0.6 is 0 Å². The molecule has 1 fully saturated rings. The molecule has 29 heavy (non-hydrogen) atoms. The van der Waals surface area contributed by atoms with Crippen molar-refractivity contribution in [2.24, 2.45) is 4.99 Å². The molecule has 1 aliphatic rings. The molecule has 1 heterocycles. The molecule has 6 nitrogen and oxygen atoms in total. The largest absolute Gasteiger partial charge is 0.352 e. The molecule has 2 aromatic carbocycles. The van der Waals surface area contributed by atoms with Gasteiger partial charge in [-0.05, 0) is 36.6 Å². The molecule has 0 saturated carbocycles. The highest BCUT2D eigenvalue weighted by atomic mass is 32.2. The number of hydrogen-bond donors (Lipinski definition) is 2. The minimum Gasteiger partial charge on any atom is -0.352 e. The van der Waals surface area contributed by atoms with Crippen LogP contribution in [-0.4, -0.2) is 38.8 Å². The Morgan fingerprint density at radius 1 is 1.00 bits per heavy atom. The van der Waals surface area contributed by atoms with Gasteiger partial charge in [-0.15, -0.1) is 0 Å². The van der Waals surface area contributed by atoms with Crippen LogP contribution in [0.2, 0.25) is 0 Å². The maximum atomic E-state index is 13.7. The van der Waals surface area contributed by atoms with E-state index >= 15 is 0 Å². The van der Waals surface area contributed by atoms with Gasteiger partial charge in [0.2, 0.25) is 10.0 Å². The van der Waals surface area contributed by atoms with Gasteiger partial charge in [0, 0.05) is 38.8 Å². The predicted octanol–water partition coefficient (Wildman–Crippen LogP) is 2.87. The van der Waals surface area contributed by atoms with Crippen LogP contribution in [0.15, 0.2) is 58.4 Å². The van der Waals surface area contributed by atoms with E-state index in [0.717, 1.165) is 24.8 Å². The number of guanidine groups is 1. The second kappa shape index (κ2) is 9.84. The second-order valence-corrected chi connectivity index (χ2v) is 8.92. The third-order valence-corrected chi connectivity index (χ3v) is 6.88. The monoisotopic (exact) mass is 418 g/mol. The zero-order valence-corrected chi connectivity index (χ0v) is 17.4. The van der Waals surface area contributed by atoms with Crippen molar-refractivity contribution in [3.63, 3.8) is 0 Å². The fourth-order valence-electron chi connectivity index (χ4n) is 3.26. The Kier molecular flexibility index (Phi) is 7.22. The Balaban J connectivity index is 1.55. The van der Waals surface area contributed by atoms with Crippen LogP contribution < -0.4 is 10.6 Å². The van der Waals surface area contributed by atoms with E-state index < -0.39 is 10.0 Å². The lowest BCUT2D eigenvalue weighted by Crippen LogP contribution is -2.36. The maximum absolute atomic E-state index is 13.7. The summed E-state index contributed by atoms with van der Waals surface area (Å²) in [5, 5.41) is 6.23. The van der Waals surface area contributed by atoms with E-state index in [2.05, 4.69) is 15.6 Å². The molecule has 1 aliphatic heterocycles. The molecule has 0 radical (unpaired) electrons. The molecular formula is C21H27FN4O2S. The Morgan fingerprint density at radius 2 is 1.66 bits per heavy atom. The lowest BCUT2D eigenvalue weighted by molar-refractivity contribution is 0.346. The summed E-state index contributed by atoms with van der Waals surface area (Å²) in [6, 6.07) is 13.5. The molecule has 0 amide bonds. The smallest absolute Gasteiger partial charge is 0.243 e. The number of nitrogens with one attached hydrogen (secondary N) is 2. The van der Waals surface area contributed by atoms with Crippen molar-refractivity contribution in [1.82, 2.24) is 14.9 Å². The Hall–Kier alpha value is -2.45. The van der Waals surface area contributed by atoms with E-state index in [9.17, 15) is 12.8 Å². The summed E-state index contributed by atoms with van der Waals surface area (Å²) in [6.45, 7) is 1.98. The van der Waals surface area contributed by atoms with Gasteiger partial charge in [-0.25, -0.2) is 12.8 Å². The van der Waals surface area contributed by atoms with E-state index in [4.69, 9.17) is 0 Å². The molecule has 2 aromatic rings. The van der Waals surface area contributed by atoms with Gasteiger partial charge in [0.1, 0.15) is 5.82 Å². The molecule has 0 unspecified atom stereocenters. The fourth-order valence-corrected chi connectivity index (χ4v) is 4.78. The summed E-state index contributed by atoms with van der Waals surface area (Å²) in [7, 11) is -1.77. The molecule has 0 bridgehead atoms. The minimum atomic E-state index is -3.42. The molecule has 156 valence electrons. The summed E-state index contributed by atoms with van der Waals surface area (Å²) in [5.41, 5.74) is 1.49. The highest BCUT2D eigenvalue weighted by Crippen LogP contribution is 2.20. The van der Waals surface area contributed by atoms with Gasteiger partial charge >= 0.3 is 0 Å². The van der Waals surface area contributed by atoms with Crippen molar-refractivity contribution in [2.75, 3.05) is 20.1 Å². The zero-order valence-electron chi connectivity index (χ0n) is 16.6. The molecule has 2 N–H and O–H groups in total. The SMILES string of the molecule is CN=C(NCc1ccc(S(=O)(=O)N2CCCCC2)cc1)NCc1ccccc1F. The van der Waals surface area contributed by atoms with Crippen LogP contribution in [0, 0.1) is 5.82 Å². The van der Waals surface area contributed by atoms with Crippen LogP contribution in [0.5, 0.6) is 0 Å². The van der Waals surface area contributed by atoms with Gasteiger partial charge < -0.3 is 10.6 Å². The number of benzene rings is 2. The van der Waals surface area contributed by atoms with Crippen molar-refractivity contribution in [3.8, 4) is 0 Å². The van der Waals surface area contributed by atoms with E-state index in [-0.39, 0.29) is 5.82 Å². The standard InChI is InChI=1S/C21H27FN4O2S/c1-23-21(25-16-18-7-3-4-8-20(18)22)24-15-17-9-11-19(12-10-17)29(27,28)26-13-5-2-6-14-26/h3-4,7-12H,2,5-6,13-16H2,1H3,(H2,23,24,25). The van der Waals surface area contributed by atoms with Crippen LogP contribution in [0.25, 0.3) is 0 Å². The van der Waals surface area contributed by atoms with Gasteiger partial charge in [-0.3, -0.25) is 4.99 Å². The van der Waals surface area contributed by atoms with Crippen molar-refractivity contribution in [3.05, 3.63) is 65.5 Å². The summed E-state index contributed by atoms with van der Waals surface area (Å²) in [6.07, 6.45) is 2.92. The lowest BCUT2D eigenvalue weighted by Gasteiger charge is -2.25. The molecule has 0 aromatic heterocycles. The normalized spacial score (nSPS) is 15.9. The van der Waals surface area contributed by atoms with Gasteiger partial charge in [-0.2, -0.15) is 4.31 Å². The van der Waals surface area contributed by atoms with E-state index in [1.54, 1.807) is 53.8 Å². The molecule has 1 saturated heterocycles. The Bertz CT molecular complexity index is 939. The zero-order chi connectivity index (χ0) is 20.7. The van der Waals surface area contributed by atoms with E-state index in [0.29, 0.717) is 42.6 Å². The van der Waals surface area contributed by atoms with Gasteiger partial charge in [0.05, 0.1) is 4.90 Å². The average Bonchev–Trinajstić information content (AvgIpc) is 2.76. The topological polar surface area (TPSA) is 73.8 Å². The summed E-state index contributed by atoms with van der Waals surface area (Å²) >= 11 is 0. The van der Waals surface area contributed by atoms with Crippen LogP contribution in [0.1, 0.15) is 30.4 Å². The third kappa shape index (κ3) is 5.55. The first-order valence-electron chi connectivity index (χ1n) is 9.78. The highest BCUT2D eigenvalue weighted by Gasteiger charge is 2.25. The van der Waals surface area contributed by atoms with Crippen molar-refractivity contribution < 1.29 is 12.8 Å². The second-order valence-electron chi connectivity index (χ2n) is 6.98. The number of rotatable bonds is 6. The van der Waals surface area contributed by atoms with E-state index in [1.807, 2.05) is 0 Å².